The van der Waals surface area contributed by atoms with E-state index in [1.165, 1.54) is 27.9 Å². The third kappa shape index (κ3) is 6.72. The minimum absolute atomic E-state index is 0.0834. The number of carbonyl (C=O) groups excluding carboxylic acids is 4. The predicted octanol–water partition coefficient (Wildman–Crippen LogP) is 1.44. The summed E-state index contributed by atoms with van der Waals surface area (Å²) in [6.45, 7) is 5.44. The lowest BCUT2D eigenvalue weighted by atomic mass is 9.87. The molecule has 3 amide bonds. The SMILES string of the molecule is COC(=O)CCNC(=O)[C@@H]1OP(=O)(OC[C@@]2(C(=O)O)COC(=O)N2C(=O)OC(C)(C)C)OCC1(C)C. The number of carboxylic acids is 1. The van der Waals surface area contributed by atoms with Crippen LogP contribution < -0.4 is 5.32 Å². The van der Waals surface area contributed by atoms with E-state index in [-0.39, 0.29) is 24.5 Å². The van der Waals surface area contributed by atoms with Gasteiger partial charge in [0.1, 0.15) is 12.2 Å². The molecule has 2 fully saturated rings. The van der Waals surface area contributed by atoms with Gasteiger partial charge in [0.25, 0.3) is 0 Å². The number of nitrogens with zero attached hydrogens (tertiary/aromatic N) is 1. The number of methoxy groups -OCH3 is 1. The summed E-state index contributed by atoms with van der Waals surface area (Å²) in [6, 6.07) is 0. The molecule has 0 aromatic heterocycles. The molecule has 36 heavy (non-hydrogen) atoms. The summed E-state index contributed by atoms with van der Waals surface area (Å²) in [5.41, 5.74) is -4.52. The quantitative estimate of drug-likeness (QED) is 0.256. The van der Waals surface area contributed by atoms with Gasteiger partial charge in [-0.05, 0) is 20.8 Å². The number of cyclic esters (lactones) is 1. The van der Waals surface area contributed by atoms with Crippen LogP contribution in [0.2, 0.25) is 0 Å². The fourth-order valence-corrected chi connectivity index (χ4v) is 4.83. The third-order valence-corrected chi connectivity index (χ3v) is 6.47. The van der Waals surface area contributed by atoms with Crippen molar-refractivity contribution >= 4 is 37.9 Å². The van der Waals surface area contributed by atoms with E-state index in [9.17, 15) is 33.6 Å². The highest BCUT2D eigenvalue weighted by atomic mass is 31.2. The zero-order valence-corrected chi connectivity index (χ0v) is 21.7. The molecule has 3 atom stereocenters. The summed E-state index contributed by atoms with van der Waals surface area (Å²) in [4.78, 5) is 61.1. The monoisotopic (exact) mass is 538 g/mol. The Kier molecular flexibility index (Phi) is 8.77. The molecule has 0 radical (unpaired) electrons. The lowest BCUT2D eigenvalue weighted by Gasteiger charge is -2.40. The van der Waals surface area contributed by atoms with Gasteiger partial charge in [0.05, 0.1) is 26.7 Å². The van der Waals surface area contributed by atoms with Crippen LogP contribution in [0.3, 0.4) is 0 Å². The molecule has 2 aliphatic rings. The zero-order chi connectivity index (χ0) is 27.5. The summed E-state index contributed by atoms with van der Waals surface area (Å²) >= 11 is 0. The van der Waals surface area contributed by atoms with Crippen LogP contribution in [-0.2, 0) is 46.7 Å². The molecule has 15 nitrogen and oxygen atoms in total. The van der Waals surface area contributed by atoms with Crippen LogP contribution in [0, 0.1) is 5.41 Å². The van der Waals surface area contributed by atoms with Crippen LogP contribution in [-0.4, -0.2) is 90.8 Å². The highest BCUT2D eigenvalue weighted by Crippen LogP contribution is 2.57. The van der Waals surface area contributed by atoms with Crippen LogP contribution in [0.25, 0.3) is 0 Å². The van der Waals surface area contributed by atoms with Gasteiger partial charge in [-0.25, -0.2) is 18.9 Å². The van der Waals surface area contributed by atoms with Gasteiger partial charge in [-0.15, -0.1) is 0 Å². The van der Waals surface area contributed by atoms with Crippen LogP contribution in [0.5, 0.6) is 0 Å². The first-order valence-corrected chi connectivity index (χ1v) is 12.3. The second kappa shape index (κ2) is 10.7. The highest BCUT2D eigenvalue weighted by Gasteiger charge is 2.60. The average molecular weight is 538 g/mol. The predicted molar refractivity (Wildman–Crippen MR) is 118 cm³/mol. The Labute approximate surface area is 207 Å². The van der Waals surface area contributed by atoms with Gasteiger partial charge < -0.3 is 24.6 Å². The molecule has 2 saturated heterocycles. The number of ether oxygens (including phenoxy) is 3. The number of imide groups is 1. The Balaban J connectivity index is 2.20. The molecule has 1 unspecified atom stereocenters. The third-order valence-electron chi connectivity index (χ3n) is 5.11. The molecule has 0 bridgehead atoms. The van der Waals surface area contributed by atoms with E-state index in [1.54, 1.807) is 13.8 Å². The maximum atomic E-state index is 13.2. The standard InChI is InChI=1S/C20H31N2O13P/c1-18(2,3)34-17(28)22-16(27)31-10-20(22,15(25)26)11-33-36(29)32-9-19(4,5)13(35-36)14(24)21-8-7-12(23)30-6/h13H,7-11H2,1-6H3,(H,21,24)(H,25,26)/t13-,20+,36?/m0/s1. The van der Waals surface area contributed by atoms with Crippen LogP contribution in [0.15, 0.2) is 0 Å². The van der Waals surface area contributed by atoms with Crippen molar-refractivity contribution in [2.24, 2.45) is 5.41 Å². The summed E-state index contributed by atoms with van der Waals surface area (Å²) < 4.78 is 43.3. The first kappa shape index (κ1) is 29.5. The second-order valence-electron chi connectivity index (χ2n) is 9.79. The minimum Gasteiger partial charge on any atom is -0.479 e. The van der Waals surface area contributed by atoms with Gasteiger partial charge >= 0.3 is 31.9 Å². The number of carboxylic acid groups (broad SMARTS) is 1. The number of amides is 3. The van der Waals surface area contributed by atoms with Crippen molar-refractivity contribution in [2.45, 2.75) is 58.3 Å². The number of hydrogen-bond donors (Lipinski definition) is 2. The van der Waals surface area contributed by atoms with Crippen molar-refractivity contribution in [3.63, 3.8) is 0 Å². The lowest BCUT2D eigenvalue weighted by Crippen LogP contribution is -2.59. The molecule has 0 saturated carbocycles. The maximum Gasteiger partial charge on any atom is 0.475 e. The van der Waals surface area contributed by atoms with Crippen molar-refractivity contribution in [3.8, 4) is 0 Å². The number of aliphatic carboxylic acids is 1. The number of nitrogens with one attached hydrogen (secondary N) is 1. The van der Waals surface area contributed by atoms with Gasteiger partial charge in [-0.2, -0.15) is 4.90 Å². The van der Waals surface area contributed by atoms with Crippen LogP contribution >= 0.6 is 7.82 Å². The Morgan fingerprint density at radius 1 is 1.22 bits per heavy atom. The Bertz CT molecular complexity index is 960. The summed E-state index contributed by atoms with van der Waals surface area (Å²) in [7, 11) is -3.38. The van der Waals surface area contributed by atoms with Gasteiger partial charge in [-0.1, -0.05) is 13.8 Å². The fourth-order valence-electron chi connectivity index (χ4n) is 3.13. The van der Waals surface area contributed by atoms with E-state index in [0.717, 1.165) is 0 Å². The van der Waals surface area contributed by atoms with Gasteiger partial charge in [0.15, 0.2) is 6.10 Å². The summed E-state index contributed by atoms with van der Waals surface area (Å²) in [6.07, 6.45) is -4.11. The first-order chi connectivity index (χ1) is 16.5. The van der Waals surface area contributed by atoms with Crippen molar-refractivity contribution in [2.75, 3.05) is 33.5 Å². The Morgan fingerprint density at radius 3 is 2.42 bits per heavy atom. The summed E-state index contributed by atoms with van der Waals surface area (Å²) in [5, 5.41) is 12.3. The molecule has 2 aliphatic heterocycles. The van der Waals surface area contributed by atoms with E-state index in [1.807, 2.05) is 0 Å². The van der Waals surface area contributed by atoms with Gasteiger partial charge in [0.2, 0.25) is 11.4 Å². The molecule has 0 aromatic rings. The number of phosphoric acid groups is 1. The normalized spacial score (nSPS) is 27.7. The molecule has 0 aromatic carbocycles. The van der Waals surface area contributed by atoms with Gasteiger partial charge in [-0.3, -0.25) is 23.2 Å². The second-order valence-corrected chi connectivity index (χ2v) is 11.4. The van der Waals surface area contributed by atoms with E-state index < -0.39 is 73.7 Å². The number of hydrogen-bond acceptors (Lipinski definition) is 12. The Hall–Kier alpha value is -2.74. The molecule has 2 heterocycles. The Morgan fingerprint density at radius 2 is 1.86 bits per heavy atom. The van der Waals surface area contributed by atoms with E-state index >= 15 is 0 Å². The fraction of sp³-hybridized carbons (Fsp3) is 0.750. The zero-order valence-electron chi connectivity index (χ0n) is 20.9. The number of phosphoric ester groups is 1. The molecular weight excluding hydrogens is 507 g/mol. The van der Waals surface area contributed by atoms with E-state index in [4.69, 9.17) is 23.0 Å². The molecule has 0 aliphatic carbocycles. The van der Waals surface area contributed by atoms with Gasteiger partial charge in [0, 0.05) is 12.0 Å². The lowest BCUT2D eigenvalue weighted by molar-refractivity contribution is -0.152. The molecule has 204 valence electrons. The number of esters is 1. The first-order valence-electron chi connectivity index (χ1n) is 10.8. The number of rotatable bonds is 8. The minimum atomic E-state index is -4.57. The smallest absolute Gasteiger partial charge is 0.475 e. The van der Waals surface area contributed by atoms with Crippen LogP contribution in [0.1, 0.15) is 41.0 Å². The molecule has 2 rings (SSSR count). The molecule has 0 spiro atoms. The van der Waals surface area contributed by atoms with Crippen molar-refractivity contribution in [1.29, 1.82) is 0 Å². The molecule has 16 heteroatoms. The van der Waals surface area contributed by atoms with Crippen LogP contribution in [0.4, 0.5) is 9.59 Å². The summed E-state index contributed by atoms with van der Waals surface area (Å²) in [5.74, 6) is -2.99. The number of carbonyl (C=O) groups is 5. The van der Waals surface area contributed by atoms with Crippen molar-refractivity contribution in [1.82, 2.24) is 10.2 Å². The molecular formula is C20H31N2O13P. The molecule has 2 N–H and O–H groups in total. The maximum absolute atomic E-state index is 13.2. The largest absolute Gasteiger partial charge is 0.479 e. The highest BCUT2D eigenvalue weighted by molar-refractivity contribution is 7.48. The van der Waals surface area contributed by atoms with E-state index in [2.05, 4.69) is 10.1 Å². The average Bonchev–Trinajstić information content (AvgIpc) is 3.10. The van der Waals surface area contributed by atoms with Crippen molar-refractivity contribution < 1.29 is 61.4 Å². The van der Waals surface area contributed by atoms with E-state index in [0.29, 0.717) is 0 Å². The van der Waals surface area contributed by atoms with Crippen molar-refractivity contribution in [3.05, 3.63) is 0 Å². The topological polar surface area (TPSA) is 193 Å².